The molecule has 37 heavy (non-hydrogen) atoms. The highest BCUT2D eigenvalue weighted by molar-refractivity contribution is 8.15. The lowest BCUT2D eigenvalue weighted by Crippen LogP contribution is -2.46. The highest BCUT2D eigenvalue weighted by Gasteiger charge is 2.35. The second kappa shape index (κ2) is 12.2. The molecule has 0 spiro atoms. The van der Waals surface area contributed by atoms with E-state index in [2.05, 4.69) is 5.32 Å². The van der Waals surface area contributed by atoms with Crippen molar-refractivity contribution >= 4 is 46.1 Å². The van der Waals surface area contributed by atoms with Crippen LogP contribution in [0.25, 0.3) is 0 Å². The van der Waals surface area contributed by atoms with Crippen LogP contribution in [-0.2, 0) is 20.7 Å². The fourth-order valence-electron chi connectivity index (χ4n) is 3.74. The van der Waals surface area contributed by atoms with Crippen LogP contribution in [0.1, 0.15) is 22.3 Å². The van der Waals surface area contributed by atoms with Gasteiger partial charge in [-0.2, -0.15) is 0 Å². The van der Waals surface area contributed by atoms with Crippen molar-refractivity contribution < 1.29 is 23.9 Å². The molecule has 4 rings (SSSR count). The van der Waals surface area contributed by atoms with Crippen molar-refractivity contribution in [3.8, 4) is 5.75 Å². The maximum atomic E-state index is 13.2. The number of hydrogen-bond acceptors (Lipinski definition) is 7. The van der Waals surface area contributed by atoms with Gasteiger partial charge in [-0.25, -0.2) is 9.79 Å². The van der Waals surface area contributed by atoms with E-state index in [0.29, 0.717) is 40.8 Å². The predicted octanol–water partition coefficient (Wildman–Crippen LogP) is 4.68. The number of nitrogens with zero attached hydrogens (tertiary/aromatic N) is 2. The van der Waals surface area contributed by atoms with Gasteiger partial charge in [-0.1, -0.05) is 42.1 Å². The SMILES string of the molecule is COC(=O)c1ccc(NC(=O)C2CC(=O)N(CCc3ccccc3)C(=Nc3ccc(OC)cc3)S2)cc1. The van der Waals surface area contributed by atoms with Crippen LogP contribution in [-0.4, -0.2) is 53.9 Å². The Kier molecular flexibility index (Phi) is 8.58. The minimum Gasteiger partial charge on any atom is -0.497 e. The zero-order valence-corrected chi connectivity index (χ0v) is 21.4. The van der Waals surface area contributed by atoms with E-state index in [0.717, 1.165) is 5.56 Å². The number of carbonyl (C=O) groups excluding carboxylic acids is 3. The monoisotopic (exact) mass is 517 g/mol. The van der Waals surface area contributed by atoms with Gasteiger partial charge in [0.25, 0.3) is 0 Å². The smallest absolute Gasteiger partial charge is 0.337 e. The number of amidine groups is 1. The van der Waals surface area contributed by atoms with Crippen molar-refractivity contribution in [3.63, 3.8) is 0 Å². The standard InChI is InChI=1S/C28H27N3O5S/c1-35-23-14-12-22(13-15-23)30-28-31(17-16-19-6-4-3-5-7-19)25(32)18-24(37-28)26(33)29-21-10-8-20(9-11-21)27(34)36-2/h3-15,24H,16-18H2,1-2H3,(H,29,33). The van der Waals surface area contributed by atoms with Crippen LogP contribution in [0, 0.1) is 0 Å². The second-order valence-electron chi connectivity index (χ2n) is 8.24. The molecule has 3 aromatic rings. The molecule has 0 radical (unpaired) electrons. The van der Waals surface area contributed by atoms with Crippen LogP contribution in [0.5, 0.6) is 5.75 Å². The zero-order chi connectivity index (χ0) is 26.2. The minimum atomic E-state index is -0.655. The molecule has 3 aromatic carbocycles. The number of aliphatic imine (C=N–C) groups is 1. The topological polar surface area (TPSA) is 97.3 Å². The first-order valence-electron chi connectivity index (χ1n) is 11.7. The third kappa shape index (κ3) is 6.77. The molecule has 1 fully saturated rings. The van der Waals surface area contributed by atoms with Crippen molar-refractivity contribution in [2.75, 3.05) is 26.1 Å². The maximum absolute atomic E-state index is 13.2. The summed E-state index contributed by atoms with van der Waals surface area (Å²) in [5, 5.41) is 2.65. The molecule has 1 atom stereocenters. The Bertz CT molecular complexity index is 1280. The van der Waals surface area contributed by atoms with E-state index < -0.39 is 11.2 Å². The second-order valence-corrected chi connectivity index (χ2v) is 9.41. The number of carbonyl (C=O) groups is 3. The van der Waals surface area contributed by atoms with Crippen molar-refractivity contribution in [1.82, 2.24) is 4.90 Å². The summed E-state index contributed by atoms with van der Waals surface area (Å²) in [5.74, 6) is -0.230. The van der Waals surface area contributed by atoms with Crippen molar-refractivity contribution in [1.29, 1.82) is 0 Å². The summed E-state index contributed by atoms with van der Waals surface area (Å²) in [6.07, 6.45) is 0.714. The Balaban J connectivity index is 1.52. The lowest BCUT2D eigenvalue weighted by molar-refractivity contribution is -0.129. The van der Waals surface area contributed by atoms with Crippen molar-refractivity contribution in [3.05, 3.63) is 90.0 Å². The van der Waals surface area contributed by atoms with E-state index in [-0.39, 0.29) is 18.2 Å². The van der Waals surface area contributed by atoms with Gasteiger partial charge in [0.15, 0.2) is 5.17 Å². The molecule has 8 nitrogen and oxygen atoms in total. The molecule has 1 aliphatic heterocycles. The summed E-state index contributed by atoms with van der Waals surface area (Å²) in [6, 6.07) is 23.5. The summed E-state index contributed by atoms with van der Waals surface area (Å²) < 4.78 is 9.92. The molecular weight excluding hydrogens is 490 g/mol. The summed E-state index contributed by atoms with van der Waals surface area (Å²) in [7, 11) is 2.90. The molecule has 2 amide bonds. The summed E-state index contributed by atoms with van der Waals surface area (Å²) in [6.45, 7) is 0.453. The van der Waals surface area contributed by atoms with Gasteiger partial charge in [0.05, 0.1) is 25.5 Å². The summed E-state index contributed by atoms with van der Waals surface area (Å²) in [4.78, 5) is 44.3. The first kappa shape index (κ1) is 26.0. The number of ether oxygens (including phenoxy) is 2. The fourth-order valence-corrected chi connectivity index (χ4v) is 4.87. The number of anilines is 1. The molecule has 190 valence electrons. The molecule has 0 aliphatic carbocycles. The number of rotatable bonds is 8. The molecular formula is C28H27N3O5S. The molecule has 1 N–H and O–H groups in total. The lowest BCUT2D eigenvalue weighted by atomic mass is 10.1. The Morgan fingerprint density at radius 3 is 2.35 bits per heavy atom. The highest BCUT2D eigenvalue weighted by atomic mass is 32.2. The summed E-state index contributed by atoms with van der Waals surface area (Å²) in [5.41, 5.74) is 2.66. The van der Waals surface area contributed by atoms with Crippen LogP contribution < -0.4 is 10.1 Å². The first-order chi connectivity index (χ1) is 18.0. The molecule has 1 unspecified atom stereocenters. The number of hydrogen-bond donors (Lipinski definition) is 1. The molecule has 0 saturated carbocycles. The molecule has 1 heterocycles. The normalized spacial score (nSPS) is 16.4. The third-order valence-corrected chi connectivity index (χ3v) is 6.96. The van der Waals surface area contributed by atoms with Crippen LogP contribution in [0.3, 0.4) is 0 Å². The molecule has 1 aliphatic rings. The quantitative estimate of drug-likeness (QED) is 0.436. The number of benzene rings is 3. The van der Waals surface area contributed by atoms with Crippen LogP contribution in [0.2, 0.25) is 0 Å². The number of thioether (sulfide) groups is 1. The van der Waals surface area contributed by atoms with Crippen LogP contribution >= 0.6 is 11.8 Å². The van der Waals surface area contributed by atoms with Crippen LogP contribution in [0.15, 0.2) is 83.9 Å². The highest BCUT2D eigenvalue weighted by Crippen LogP contribution is 2.30. The predicted molar refractivity (Wildman–Crippen MR) is 144 cm³/mol. The Morgan fingerprint density at radius 1 is 1.00 bits per heavy atom. The van der Waals surface area contributed by atoms with Gasteiger partial charge in [-0.05, 0) is 60.5 Å². The largest absolute Gasteiger partial charge is 0.497 e. The van der Waals surface area contributed by atoms with E-state index in [9.17, 15) is 14.4 Å². The average Bonchev–Trinajstić information content (AvgIpc) is 2.93. The van der Waals surface area contributed by atoms with Gasteiger partial charge in [0.2, 0.25) is 11.8 Å². The average molecular weight is 518 g/mol. The Morgan fingerprint density at radius 2 is 1.70 bits per heavy atom. The molecule has 0 aromatic heterocycles. The van der Waals surface area contributed by atoms with Crippen LogP contribution in [0.4, 0.5) is 11.4 Å². The van der Waals surface area contributed by atoms with Gasteiger partial charge < -0.3 is 14.8 Å². The zero-order valence-electron chi connectivity index (χ0n) is 20.5. The van der Waals surface area contributed by atoms with E-state index in [1.807, 2.05) is 30.3 Å². The van der Waals surface area contributed by atoms with Crippen molar-refractivity contribution in [2.45, 2.75) is 18.1 Å². The fraction of sp³-hybridized carbons (Fsp3) is 0.214. The van der Waals surface area contributed by atoms with E-state index in [1.54, 1.807) is 60.5 Å². The molecule has 0 bridgehead atoms. The minimum absolute atomic E-state index is 0.0488. The maximum Gasteiger partial charge on any atom is 0.337 e. The van der Waals surface area contributed by atoms with Gasteiger partial charge in [0, 0.05) is 18.7 Å². The van der Waals surface area contributed by atoms with E-state index in [4.69, 9.17) is 14.5 Å². The first-order valence-corrected chi connectivity index (χ1v) is 12.6. The number of amides is 2. The number of esters is 1. The Hall–Kier alpha value is -4.11. The third-order valence-electron chi connectivity index (χ3n) is 5.77. The van der Waals surface area contributed by atoms with Gasteiger partial charge in [-0.3, -0.25) is 14.5 Å². The number of methoxy groups -OCH3 is 2. The molecule has 9 heteroatoms. The van der Waals surface area contributed by atoms with Crippen molar-refractivity contribution in [2.24, 2.45) is 4.99 Å². The molecule has 1 saturated heterocycles. The summed E-state index contributed by atoms with van der Waals surface area (Å²) >= 11 is 1.26. The van der Waals surface area contributed by atoms with E-state index in [1.165, 1.54) is 18.9 Å². The van der Waals surface area contributed by atoms with Gasteiger partial charge in [0.1, 0.15) is 11.0 Å². The van der Waals surface area contributed by atoms with E-state index >= 15 is 0 Å². The lowest BCUT2D eigenvalue weighted by Gasteiger charge is -2.32. The van der Waals surface area contributed by atoms with Gasteiger partial charge >= 0.3 is 5.97 Å². The Labute approximate surface area is 219 Å². The van der Waals surface area contributed by atoms with Gasteiger partial charge in [-0.15, -0.1) is 0 Å². The number of nitrogens with one attached hydrogen (secondary N) is 1.